The minimum absolute atomic E-state index is 1.09. The van der Waals surface area contributed by atoms with Gasteiger partial charge in [0.15, 0.2) is 0 Å². The molecule has 0 aliphatic rings. The lowest BCUT2D eigenvalue weighted by atomic mass is 9.94. The third-order valence-electron chi connectivity index (χ3n) is 11.6. The summed E-state index contributed by atoms with van der Waals surface area (Å²) >= 11 is 0. The van der Waals surface area contributed by atoms with Crippen LogP contribution in [0.4, 0.5) is 17.1 Å². The number of rotatable bonds is 7. The van der Waals surface area contributed by atoms with Crippen molar-refractivity contribution in [3.8, 4) is 39.1 Å². The normalized spacial score (nSPS) is 11.4. The number of anilines is 3. The van der Waals surface area contributed by atoms with Crippen LogP contribution < -0.4 is 4.90 Å². The minimum atomic E-state index is 1.09. The van der Waals surface area contributed by atoms with Crippen LogP contribution in [0.15, 0.2) is 231 Å². The lowest BCUT2D eigenvalue weighted by Gasteiger charge is -2.28. The number of hydrogen-bond acceptors (Lipinski definition) is 1. The molecule has 11 aromatic rings. The van der Waals surface area contributed by atoms with Gasteiger partial charge in [-0.2, -0.15) is 0 Å². The van der Waals surface area contributed by atoms with Crippen molar-refractivity contribution < 1.29 is 0 Å². The smallest absolute Gasteiger partial charge is 0.0541 e. The second-order valence-electron chi connectivity index (χ2n) is 14.9. The van der Waals surface area contributed by atoms with E-state index in [1.54, 1.807) is 0 Å². The molecule has 2 heteroatoms. The Morgan fingerprint density at radius 3 is 1.66 bits per heavy atom. The molecule has 1 heterocycles. The van der Waals surface area contributed by atoms with E-state index in [2.05, 4.69) is 240 Å². The highest BCUT2D eigenvalue weighted by atomic mass is 15.1. The first-order valence-electron chi connectivity index (χ1n) is 19.9. The molecule has 0 aliphatic heterocycles. The van der Waals surface area contributed by atoms with E-state index in [1.165, 1.54) is 71.2 Å². The van der Waals surface area contributed by atoms with Crippen LogP contribution in [0.3, 0.4) is 0 Å². The van der Waals surface area contributed by atoms with Gasteiger partial charge < -0.3 is 9.47 Å². The molecule has 58 heavy (non-hydrogen) atoms. The number of hydrogen-bond donors (Lipinski definition) is 0. The maximum Gasteiger partial charge on any atom is 0.0541 e. The second-order valence-corrected chi connectivity index (χ2v) is 14.9. The summed E-state index contributed by atoms with van der Waals surface area (Å²) in [6, 6.07) is 83.6. The Balaban J connectivity index is 1.06. The number of fused-ring (bicyclic) bond motifs is 6. The first kappa shape index (κ1) is 33.6. The van der Waals surface area contributed by atoms with Crippen LogP contribution in [0, 0.1) is 0 Å². The van der Waals surface area contributed by atoms with E-state index in [-0.39, 0.29) is 0 Å². The lowest BCUT2D eigenvalue weighted by molar-refractivity contribution is 1.18. The number of para-hydroxylation sites is 3. The predicted octanol–water partition coefficient (Wildman–Crippen LogP) is 15.6. The van der Waals surface area contributed by atoms with Crippen molar-refractivity contribution in [2.24, 2.45) is 0 Å². The molecule has 11 rings (SSSR count). The van der Waals surface area contributed by atoms with Crippen molar-refractivity contribution in [2.45, 2.75) is 0 Å². The minimum Gasteiger partial charge on any atom is -0.310 e. The summed E-state index contributed by atoms with van der Waals surface area (Å²) in [5, 5.41) is 7.55. The quantitative estimate of drug-likeness (QED) is 0.148. The summed E-state index contributed by atoms with van der Waals surface area (Å²) in [4.78, 5) is 2.40. The maximum absolute atomic E-state index is 2.40. The van der Waals surface area contributed by atoms with Crippen molar-refractivity contribution in [1.29, 1.82) is 0 Å². The number of nitrogens with zero attached hydrogens (tertiary/aromatic N) is 2. The van der Waals surface area contributed by atoms with Crippen LogP contribution in [0.25, 0.3) is 82.4 Å². The Kier molecular flexibility index (Phi) is 8.19. The van der Waals surface area contributed by atoms with Gasteiger partial charge in [-0.05, 0) is 110 Å². The van der Waals surface area contributed by atoms with Crippen LogP contribution >= 0.6 is 0 Å². The molecule has 0 fully saturated rings. The van der Waals surface area contributed by atoms with Crippen LogP contribution in [0.2, 0.25) is 0 Å². The first-order valence-corrected chi connectivity index (χ1v) is 19.9. The van der Waals surface area contributed by atoms with E-state index < -0.39 is 0 Å². The van der Waals surface area contributed by atoms with Gasteiger partial charge in [-0.25, -0.2) is 0 Å². The van der Waals surface area contributed by atoms with Crippen molar-refractivity contribution in [1.82, 2.24) is 4.57 Å². The largest absolute Gasteiger partial charge is 0.310 e. The van der Waals surface area contributed by atoms with Crippen LogP contribution in [0.5, 0.6) is 0 Å². The molecule has 0 N–H and O–H groups in total. The molecule has 0 saturated heterocycles. The summed E-state index contributed by atoms with van der Waals surface area (Å²) in [7, 11) is 0. The van der Waals surface area contributed by atoms with Gasteiger partial charge in [0.1, 0.15) is 0 Å². The lowest BCUT2D eigenvalue weighted by Crippen LogP contribution is -2.11. The Labute approximate surface area is 338 Å². The molecule has 0 atom stereocenters. The van der Waals surface area contributed by atoms with Crippen molar-refractivity contribution in [3.63, 3.8) is 0 Å². The molecule has 0 unspecified atom stereocenters. The summed E-state index contributed by atoms with van der Waals surface area (Å²) in [6.07, 6.45) is 0. The van der Waals surface area contributed by atoms with Crippen LogP contribution in [0.1, 0.15) is 0 Å². The third-order valence-corrected chi connectivity index (χ3v) is 11.6. The molecule has 1 aromatic heterocycles. The molecular formula is C56H38N2. The Bertz CT molecular complexity index is 3250. The first-order chi connectivity index (χ1) is 28.8. The van der Waals surface area contributed by atoms with Gasteiger partial charge in [0.05, 0.1) is 16.7 Å². The van der Waals surface area contributed by atoms with E-state index >= 15 is 0 Å². The fraction of sp³-hybridized carbons (Fsp3) is 0. The molecule has 0 amide bonds. The zero-order valence-corrected chi connectivity index (χ0v) is 31.8. The monoisotopic (exact) mass is 738 g/mol. The molecule has 0 radical (unpaired) electrons. The Hall–Kier alpha value is -7.68. The molecule has 272 valence electrons. The molecule has 0 bridgehead atoms. The number of aromatic nitrogens is 1. The van der Waals surface area contributed by atoms with Gasteiger partial charge in [0.2, 0.25) is 0 Å². The Morgan fingerprint density at radius 1 is 0.293 bits per heavy atom. The highest BCUT2D eigenvalue weighted by Crippen LogP contribution is 2.44. The van der Waals surface area contributed by atoms with E-state index in [9.17, 15) is 0 Å². The molecule has 2 nitrogen and oxygen atoms in total. The zero-order valence-electron chi connectivity index (χ0n) is 31.8. The number of benzene rings is 10. The summed E-state index contributed by atoms with van der Waals surface area (Å²) < 4.78 is 2.38. The standard InChI is InChI=1S/C56H38N2/c1-3-14-39(15-4-1)40-26-32-45(33-27-40)57(46-34-28-42(29-35-46)48-22-13-23-50-47-19-8-7-16-41(47)30-36-51(48)50)54-24-11-9-20-49(54)43-31-37-56-53(38-43)52-21-10-12-25-55(52)58(56)44-17-5-2-6-18-44/h1-38H. The van der Waals surface area contributed by atoms with Crippen LogP contribution in [-0.4, -0.2) is 4.57 Å². The Morgan fingerprint density at radius 2 is 0.862 bits per heavy atom. The van der Waals surface area contributed by atoms with Gasteiger partial charge in [0, 0.05) is 33.4 Å². The van der Waals surface area contributed by atoms with Gasteiger partial charge in [0.25, 0.3) is 0 Å². The van der Waals surface area contributed by atoms with Gasteiger partial charge >= 0.3 is 0 Å². The molecule has 0 saturated carbocycles. The summed E-state index contributed by atoms with van der Waals surface area (Å²) in [5.41, 5.74) is 14.0. The highest BCUT2D eigenvalue weighted by molar-refractivity contribution is 6.13. The van der Waals surface area contributed by atoms with Gasteiger partial charge in [-0.3, -0.25) is 0 Å². The van der Waals surface area contributed by atoms with E-state index in [0.717, 1.165) is 28.3 Å². The van der Waals surface area contributed by atoms with Crippen molar-refractivity contribution in [2.75, 3.05) is 4.90 Å². The molecular weight excluding hydrogens is 701 g/mol. The van der Waals surface area contributed by atoms with Crippen LogP contribution in [-0.2, 0) is 0 Å². The van der Waals surface area contributed by atoms with Gasteiger partial charge in [-0.1, -0.05) is 170 Å². The maximum atomic E-state index is 2.40. The van der Waals surface area contributed by atoms with E-state index in [1.807, 2.05) is 0 Å². The second kappa shape index (κ2) is 14.1. The zero-order chi connectivity index (χ0) is 38.4. The highest BCUT2D eigenvalue weighted by Gasteiger charge is 2.20. The molecule has 0 aliphatic carbocycles. The van der Waals surface area contributed by atoms with Gasteiger partial charge in [-0.15, -0.1) is 0 Å². The summed E-state index contributed by atoms with van der Waals surface area (Å²) in [5.74, 6) is 0. The average Bonchev–Trinajstić information content (AvgIpc) is 3.64. The predicted molar refractivity (Wildman–Crippen MR) is 247 cm³/mol. The topological polar surface area (TPSA) is 8.17 Å². The average molecular weight is 739 g/mol. The third kappa shape index (κ3) is 5.74. The fourth-order valence-corrected chi connectivity index (χ4v) is 8.85. The molecule has 0 spiro atoms. The SMILES string of the molecule is c1ccc(-c2ccc(N(c3ccc(-c4cccc5c4ccc4ccccc45)cc3)c3ccccc3-c3ccc4c(c3)c3ccccc3n4-c3ccccc3)cc2)cc1. The summed E-state index contributed by atoms with van der Waals surface area (Å²) in [6.45, 7) is 0. The van der Waals surface area contributed by atoms with E-state index in [0.29, 0.717) is 0 Å². The van der Waals surface area contributed by atoms with Crippen molar-refractivity contribution >= 4 is 60.4 Å². The fourth-order valence-electron chi connectivity index (χ4n) is 8.85. The molecule has 10 aromatic carbocycles. The van der Waals surface area contributed by atoms with E-state index in [4.69, 9.17) is 0 Å². The van der Waals surface area contributed by atoms with Crippen molar-refractivity contribution in [3.05, 3.63) is 231 Å².